The van der Waals surface area contributed by atoms with Gasteiger partial charge in [0.05, 0.1) is 25.3 Å². The van der Waals surface area contributed by atoms with Gasteiger partial charge in [0.2, 0.25) is 0 Å². The largest absolute Gasteiger partial charge is 0.379 e. The molecule has 0 bridgehead atoms. The Labute approximate surface area is 141 Å². The lowest BCUT2D eigenvalue weighted by Gasteiger charge is -2.25. The molecule has 0 atom stereocenters. The van der Waals surface area contributed by atoms with E-state index in [4.69, 9.17) is 14.8 Å². The molecule has 2 aliphatic rings. The minimum atomic E-state index is 0.826. The summed E-state index contributed by atoms with van der Waals surface area (Å²) in [5.74, 6) is 1.85. The number of pyridine rings is 1. The van der Waals surface area contributed by atoms with Crippen LogP contribution in [0.4, 0.5) is 0 Å². The van der Waals surface area contributed by atoms with Crippen molar-refractivity contribution in [3.8, 4) is 0 Å². The second-order valence-corrected chi connectivity index (χ2v) is 6.47. The SMILES string of the molecule is Cc1cc(C)n2nc(CCN3CCOCC3)nc2c1C1=NCCN1. The summed E-state index contributed by atoms with van der Waals surface area (Å²) in [4.78, 5) is 11.8. The lowest BCUT2D eigenvalue weighted by Crippen LogP contribution is -2.37. The van der Waals surface area contributed by atoms with Gasteiger partial charge in [-0.1, -0.05) is 0 Å². The number of nitrogens with one attached hydrogen (secondary N) is 1. The number of fused-ring (bicyclic) bond motifs is 1. The molecule has 0 aromatic carbocycles. The Morgan fingerprint density at radius 1 is 1.25 bits per heavy atom. The van der Waals surface area contributed by atoms with Gasteiger partial charge in [-0.2, -0.15) is 5.10 Å². The van der Waals surface area contributed by atoms with Gasteiger partial charge in [-0.25, -0.2) is 9.50 Å². The topological polar surface area (TPSA) is 67.0 Å². The molecule has 2 aromatic heterocycles. The number of morpholine rings is 1. The molecular formula is C17H24N6O. The molecule has 0 radical (unpaired) electrons. The van der Waals surface area contributed by atoms with E-state index in [1.165, 1.54) is 5.56 Å². The van der Waals surface area contributed by atoms with Crippen molar-refractivity contribution < 1.29 is 4.74 Å². The van der Waals surface area contributed by atoms with Crippen molar-refractivity contribution in [3.05, 3.63) is 28.7 Å². The molecule has 0 unspecified atom stereocenters. The Kier molecular flexibility index (Phi) is 4.20. The maximum absolute atomic E-state index is 5.40. The van der Waals surface area contributed by atoms with Gasteiger partial charge in [0.1, 0.15) is 5.84 Å². The smallest absolute Gasteiger partial charge is 0.167 e. The summed E-state index contributed by atoms with van der Waals surface area (Å²) in [6, 6.07) is 2.16. The van der Waals surface area contributed by atoms with Crippen molar-refractivity contribution in [3.63, 3.8) is 0 Å². The summed E-state index contributed by atoms with van der Waals surface area (Å²) in [5.41, 5.74) is 4.30. The zero-order valence-corrected chi connectivity index (χ0v) is 14.4. The van der Waals surface area contributed by atoms with Gasteiger partial charge >= 0.3 is 0 Å². The van der Waals surface area contributed by atoms with E-state index in [-0.39, 0.29) is 0 Å². The summed E-state index contributed by atoms with van der Waals surface area (Å²) in [7, 11) is 0. The van der Waals surface area contributed by atoms with Crippen LogP contribution in [-0.2, 0) is 11.2 Å². The molecule has 0 spiro atoms. The highest BCUT2D eigenvalue weighted by atomic mass is 16.5. The van der Waals surface area contributed by atoms with Gasteiger partial charge in [0.15, 0.2) is 11.5 Å². The first kappa shape index (κ1) is 15.5. The van der Waals surface area contributed by atoms with E-state index in [1.54, 1.807) is 0 Å². The number of aromatic nitrogens is 3. The Morgan fingerprint density at radius 2 is 2.08 bits per heavy atom. The standard InChI is InChI=1S/C17H24N6O/c1-12-11-13(2)23-17(15(12)16-18-4-5-19-16)20-14(21-23)3-6-22-7-9-24-10-8-22/h11H,3-10H2,1-2H3,(H,18,19). The summed E-state index contributed by atoms with van der Waals surface area (Å²) < 4.78 is 7.36. The van der Waals surface area contributed by atoms with Gasteiger partial charge in [0, 0.05) is 38.3 Å². The number of nitrogens with zero attached hydrogens (tertiary/aromatic N) is 5. The minimum absolute atomic E-state index is 0.826. The maximum Gasteiger partial charge on any atom is 0.167 e. The first-order valence-electron chi connectivity index (χ1n) is 8.67. The molecule has 0 saturated carbocycles. The highest BCUT2D eigenvalue weighted by molar-refractivity contribution is 6.05. The number of aryl methyl sites for hydroxylation is 2. The summed E-state index contributed by atoms with van der Waals surface area (Å²) in [6.07, 6.45) is 0.861. The van der Waals surface area contributed by atoms with Crippen molar-refractivity contribution in [1.82, 2.24) is 24.8 Å². The van der Waals surface area contributed by atoms with Gasteiger partial charge in [-0.05, 0) is 25.5 Å². The fourth-order valence-electron chi connectivity index (χ4n) is 3.43. The molecule has 1 fully saturated rings. The molecule has 4 heterocycles. The number of ether oxygens (including phenoxy) is 1. The molecule has 0 amide bonds. The number of aliphatic imine (C=N–C) groups is 1. The third-order valence-corrected chi connectivity index (χ3v) is 4.69. The zero-order chi connectivity index (χ0) is 16.5. The molecule has 24 heavy (non-hydrogen) atoms. The predicted molar refractivity (Wildman–Crippen MR) is 92.8 cm³/mol. The van der Waals surface area contributed by atoms with E-state index < -0.39 is 0 Å². The highest BCUT2D eigenvalue weighted by Gasteiger charge is 2.19. The first-order chi connectivity index (χ1) is 11.7. The van der Waals surface area contributed by atoms with Crippen LogP contribution in [0.5, 0.6) is 0 Å². The molecule has 1 N–H and O–H groups in total. The van der Waals surface area contributed by atoms with Crippen molar-refractivity contribution in [1.29, 1.82) is 0 Å². The Bertz CT molecular complexity index is 775. The van der Waals surface area contributed by atoms with E-state index in [9.17, 15) is 0 Å². The molecule has 4 rings (SSSR count). The van der Waals surface area contributed by atoms with Crippen molar-refractivity contribution in [2.75, 3.05) is 45.9 Å². The fourth-order valence-corrected chi connectivity index (χ4v) is 3.43. The van der Waals surface area contributed by atoms with E-state index >= 15 is 0 Å². The second kappa shape index (κ2) is 6.49. The van der Waals surface area contributed by atoms with Crippen LogP contribution in [0.25, 0.3) is 5.65 Å². The van der Waals surface area contributed by atoms with E-state index in [2.05, 4.69) is 35.1 Å². The van der Waals surface area contributed by atoms with Crippen molar-refractivity contribution in [2.24, 2.45) is 4.99 Å². The van der Waals surface area contributed by atoms with Gasteiger partial charge in [-0.3, -0.25) is 9.89 Å². The minimum Gasteiger partial charge on any atom is -0.379 e. The van der Waals surface area contributed by atoms with E-state index in [0.717, 1.165) is 80.9 Å². The van der Waals surface area contributed by atoms with Crippen LogP contribution in [0.3, 0.4) is 0 Å². The lowest BCUT2D eigenvalue weighted by molar-refractivity contribution is 0.0382. The number of hydrogen-bond acceptors (Lipinski definition) is 6. The second-order valence-electron chi connectivity index (χ2n) is 6.47. The maximum atomic E-state index is 5.40. The first-order valence-corrected chi connectivity index (χ1v) is 8.67. The van der Waals surface area contributed by atoms with Crippen LogP contribution in [0, 0.1) is 13.8 Å². The van der Waals surface area contributed by atoms with Crippen LogP contribution in [-0.4, -0.2) is 71.3 Å². The average Bonchev–Trinajstić information content (AvgIpc) is 3.24. The third kappa shape index (κ3) is 2.89. The Morgan fingerprint density at radius 3 is 2.83 bits per heavy atom. The van der Waals surface area contributed by atoms with Crippen molar-refractivity contribution in [2.45, 2.75) is 20.3 Å². The van der Waals surface area contributed by atoms with Crippen molar-refractivity contribution >= 4 is 11.5 Å². The van der Waals surface area contributed by atoms with Crippen LogP contribution < -0.4 is 5.32 Å². The monoisotopic (exact) mass is 328 g/mol. The van der Waals surface area contributed by atoms with Crippen LogP contribution in [0.1, 0.15) is 22.6 Å². The van der Waals surface area contributed by atoms with Gasteiger partial charge < -0.3 is 10.1 Å². The highest BCUT2D eigenvalue weighted by Crippen LogP contribution is 2.19. The summed E-state index contributed by atoms with van der Waals surface area (Å²) in [6.45, 7) is 10.5. The molecule has 2 aliphatic heterocycles. The van der Waals surface area contributed by atoms with Crippen LogP contribution in [0.15, 0.2) is 11.1 Å². The molecule has 1 saturated heterocycles. The fraction of sp³-hybridized carbons (Fsp3) is 0.588. The van der Waals surface area contributed by atoms with Gasteiger partial charge in [-0.15, -0.1) is 0 Å². The van der Waals surface area contributed by atoms with E-state index in [0.29, 0.717) is 0 Å². The predicted octanol–water partition coefficient (Wildman–Crippen LogP) is 0.571. The number of amidine groups is 1. The Balaban J connectivity index is 1.63. The van der Waals surface area contributed by atoms with Crippen LogP contribution in [0.2, 0.25) is 0 Å². The molecule has 7 heteroatoms. The lowest BCUT2D eigenvalue weighted by atomic mass is 10.1. The van der Waals surface area contributed by atoms with Gasteiger partial charge in [0.25, 0.3) is 0 Å². The quantitative estimate of drug-likeness (QED) is 0.889. The van der Waals surface area contributed by atoms with Crippen LogP contribution >= 0.6 is 0 Å². The number of hydrogen-bond donors (Lipinski definition) is 1. The molecule has 128 valence electrons. The summed E-state index contributed by atoms with van der Waals surface area (Å²) in [5, 5.41) is 8.10. The normalized spacial score (nSPS) is 18.8. The molecule has 2 aromatic rings. The third-order valence-electron chi connectivity index (χ3n) is 4.69. The Hall–Kier alpha value is -1.99. The molecular weight excluding hydrogens is 304 g/mol. The zero-order valence-electron chi connectivity index (χ0n) is 14.4. The summed E-state index contributed by atoms with van der Waals surface area (Å²) >= 11 is 0. The molecule has 0 aliphatic carbocycles. The molecule has 7 nitrogen and oxygen atoms in total. The number of rotatable bonds is 4. The average molecular weight is 328 g/mol. The van der Waals surface area contributed by atoms with E-state index in [1.807, 2.05) is 4.52 Å².